The van der Waals surface area contributed by atoms with Crippen molar-refractivity contribution in [3.8, 4) is 0 Å². The SMILES string of the molecule is CCOC(=O)C1=C(C)NC(=O)N(CCC(=O)OC)C1c1cccc([N+](=O)[O-])c1. The van der Waals surface area contributed by atoms with Crippen LogP contribution in [0.15, 0.2) is 35.5 Å². The smallest absolute Gasteiger partial charge is 0.338 e. The van der Waals surface area contributed by atoms with E-state index in [-0.39, 0.29) is 36.5 Å². The lowest BCUT2D eigenvalue weighted by atomic mass is 9.93. The summed E-state index contributed by atoms with van der Waals surface area (Å²) in [6.45, 7) is 3.26. The fourth-order valence-corrected chi connectivity index (χ4v) is 2.95. The van der Waals surface area contributed by atoms with E-state index in [1.807, 2.05) is 0 Å². The number of nitrogens with one attached hydrogen (secondary N) is 1. The normalized spacial score (nSPS) is 16.5. The molecule has 0 spiro atoms. The van der Waals surface area contributed by atoms with Crippen LogP contribution in [0.25, 0.3) is 0 Å². The van der Waals surface area contributed by atoms with Crippen LogP contribution >= 0.6 is 0 Å². The Morgan fingerprint density at radius 3 is 2.68 bits per heavy atom. The molecule has 0 aliphatic carbocycles. The van der Waals surface area contributed by atoms with Crippen molar-refractivity contribution in [1.29, 1.82) is 0 Å². The number of amides is 2. The largest absolute Gasteiger partial charge is 0.469 e. The van der Waals surface area contributed by atoms with E-state index in [1.54, 1.807) is 19.9 Å². The number of allylic oxidation sites excluding steroid dienone is 1. The number of methoxy groups -OCH3 is 1. The van der Waals surface area contributed by atoms with E-state index in [0.717, 1.165) is 0 Å². The average molecular weight is 391 g/mol. The van der Waals surface area contributed by atoms with Gasteiger partial charge in [-0.1, -0.05) is 12.1 Å². The van der Waals surface area contributed by atoms with Crippen LogP contribution in [0.3, 0.4) is 0 Å². The number of nitro groups is 1. The van der Waals surface area contributed by atoms with Crippen LogP contribution in [-0.4, -0.2) is 48.1 Å². The van der Waals surface area contributed by atoms with Crippen molar-refractivity contribution >= 4 is 23.7 Å². The van der Waals surface area contributed by atoms with Gasteiger partial charge in [0.2, 0.25) is 0 Å². The van der Waals surface area contributed by atoms with Crippen LogP contribution < -0.4 is 5.32 Å². The predicted octanol–water partition coefficient (Wildman–Crippen LogP) is 2.06. The number of carbonyl (C=O) groups excluding carboxylic acids is 3. The first-order valence-corrected chi connectivity index (χ1v) is 8.56. The Kier molecular flexibility index (Phi) is 6.69. The summed E-state index contributed by atoms with van der Waals surface area (Å²) in [5.74, 6) is -1.19. The van der Waals surface area contributed by atoms with Crippen molar-refractivity contribution < 1.29 is 28.8 Å². The van der Waals surface area contributed by atoms with Crippen molar-refractivity contribution in [3.05, 3.63) is 51.2 Å². The first-order chi connectivity index (χ1) is 13.3. The van der Waals surface area contributed by atoms with Gasteiger partial charge in [-0.05, 0) is 19.4 Å². The highest BCUT2D eigenvalue weighted by atomic mass is 16.6. The van der Waals surface area contributed by atoms with Crippen LogP contribution in [0.2, 0.25) is 0 Å². The monoisotopic (exact) mass is 391 g/mol. The number of esters is 2. The van der Waals surface area contributed by atoms with E-state index in [4.69, 9.17) is 4.74 Å². The molecule has 0 saturated carbocycles. The van der Waals surface area contributed by atoms with Gasteiger partial charge in [0.05, 0.1) is 36.7 Å². The van der Waals surface area contributed by atoms with Crippen molar-refractivity contribution in [2.45, 2.75) is 26.3 Å². The predicted molar refractivity (Wildman–Crippen MR) is 97.0 cm³/mol. The molecule has 0 saturated heterocycles. The second-order valence-corrected chi connectivity index (χ2v) is 5.96. The van der Waals surface area contributed by atoms with Gasteiger partial charge in [0.1, 0.15) is 0 Å². The Morgan fingerprint density at radius 1 is 1.36 bits per heavy atom. The minimum Gasteiger partial charge on any atom is -0.469 e. The summed E-state index contributed by atoms with van der Waals surface area (Å²) in [5.41, 5.74) is 0.606. The van der Waals surface area contributed by atoms with Crippen molar-refractivity contribution in [1.82, 2.24) is 10.2 Å². The number of ether oxygens (including phenoxy) is 2. The molecule has 1 atom stereocenters. The Bertz CT molecular complexity index is 834. The zero-order valence-corrected chi connectivity index (χ0v) is 15.8. The molecule has 1 aromatic rings. The maximum Gasteiger partial charge on any atom is 0.338 e. The quantitative estimate of drug-likeness (QED) is 0.428. The molecule has 10 nitrogen and oxygen atoms in total. The zero-order chi connectivity index (χ0) is 20.8. The first-order valence-electron chi connectivity index (χ1n) is 8.56. The van der Waals surface area contributed by atoms with Gasteiger partial charge in [-0.3, -0.25) is 14.9 Å². The van der Waals surface area contributed by atoms with Gasteiger partial charge in [-0.2, -0.15) is 0 Å². The second-order valence-electron chi connectivity index (χ2n) is 5.96. The van der Waals surface area contributed by atoms with Crippen LogP contribution in [0.5, 0.6) is 0 Å². The van der Waals surface area contributed by atoms with Crippen LogP contribution in [0.4, 0.5) is 10.5 Å². The van der Waals surface area contributed by atoms with E-state index in [0.29, 0.717) is 5.56 Å². The molecule has 1 aliphatic rings. The maximum atomic E-state index is 12.6. The summed E-state index contributed by atoms with van der Waals surface area (Å²) < 4.78 is 9.72. The molecule has 1 unspecified atom stereocenters. The molecule has 28 heavy (non-hydrogen) atoms. The Balaban J connectivity index is 2.56. The highest BCUT2D eigenvalue weighted by Crippen LogP contribution is 2.35. The molecule has 10 heteroatoms. The molecule has 0 bridgehead atoms. The molecule has 1 N–H and O–H groups in total. The molecule has 150 valence electrons. The fourth-order valence-electron chi connectivity index (χ4n) is 2.95. The maximum absolute atomic E-state index is 12.6. The molecule has 2 rings (SSSR count). The average Bonchev–Trinajstić information content (AvgIpc) is 2.66. The number of nitro benzene ring substituents is 1. The van der Waals surface area contributed by atoms with Gasteiger partial charge in [0, 0.05) is 24.4 Å². The second kappa shape index (κ2) is 8.98. The third-order valence-corrected chi connectivity index (χ3v) is 4.22. The minimum atomic E-state index is -0.947. The zero-order valence-electron chi connectivity index (χ0n) is 15.8. The summed E-state index contributed by atoms with van der Waals surface area (Å²) in [6, 6.07) is 4.17. The number of rotatable bonds is 7. The molecule has 0 fully saturated rings. The molecular weight excluding hydrogens is 370 g/mol. The lowest BCUT2D eigenvalue weighted by Gasteiger charge is -2.37. The topological polar surface area (TPSA) is 128 Å². The highest BCUT2D eigenvalue weighted by molar-refractivity contribution is 5.95. The lowest BCUT2D eigenvalue weighted by molar-refractivity contribution is -0.384. The van der Waals surface area contributed by atoms with Gasteiger partial charge < -0.3 is 19.7 Å². The number of benzene rings is 1. The Hall–Kier alpha value is -3.43. The molecule has 1 heterocycles. The number of nitrogens with zero attached hydrogens (tertiary/aromatic N) is 2. The minimum absolute atomic E-state index is 0.0535. The van der Waals surface area contributed by atoms with E-state index < -0.39 is 28.9 Å². The van der Waals surface area contributed by atoms with Gasteiger partial charge in [0.25, 0.3) is 5.69 Å². The number of non-ortho nitro benzene ring substituents is 1. The Morgan fingerprint density at radius 2 is 2.07 bits per heavy atom. The van der Waals surface area contributed by atoms with E-state index >= 15 is 0 Å². The number of carbonyl (C=O) groups is 3. The molecule has 0 aromatic heterocycles. The lowest BCUT2D eigenvalue weighted by Crippen LogP contribution is -2.49. The van der Waals surface area contributed by atoms with Gasteiger partial charge >= 0.3 is 18.0 Å². The molecule has 1 aromatic carbocycles. The third-order valence-electron chi connectivity index (χ3n) is 4.22. The Labute approximate surface area is 161 Å². The van der Waals surface area contributed by atoms with E-state index in [1.165, 1.54) is 30.2 Å². The fraction of sp³-hybridized carbons (Fsp3) is 0.389. The summed E-state index contributed by atoms with van der Waals surface area (Å²) in [6.07, 6.45) is -0.107. The van der Waals surface area contributed by atoms with Crippen LogP contribution in [-0.2, 0) is 19.1 Å². The molecule has 0 radical (unpaired) electrons. The summed E-state index contributed by atoms with van der Waals surface area (Å²) in [5, 5.41) is 13.7. The number of hydrogen-bond acceptors (Lipinski definition) is 7. The first kappa shape index (κ1) is 20.9. The molecule has 1 aliphatic heterocycles. The van der Waals surface area contributed by atoms with Gasteiger partial charge in [-0.25, -0.2) is 9.59 Å². The summed E-state index contributed by atoms with van der Waals surface area (Å²) >= 11 is 0. The van der Waals surface area contributed by atoms with Crippen molar-refractivity contribution in [3.63, 3.8) is 0 Å². The summed E-state index contributed by atoms with van der Waals surface area (Å²) in [4.78, 5) is 48.6. The standard InChI is InChI=1S/C18H21N3O7/c1-4-28-17(23)15-11(2)19-18(24)20(9-8-14(22)27-3)16(15)12-6-5-7-13(10-12)21(25)26/h5-7,10,16H,4,8-9H2,1-3H3,(H,19,24). The highest BCUT2D eigenvalue weighted by Gasteiger charge is 2.39. The van der Waals surface area contributed by atoms with Gasteiger partial charge in [0.15, 0.2) is 0 Å². The van der Waals surface area contributed by atoms with Gasteiger partial charge in [-0.15, -0.1) is 0 Å². The van der Waals surface area contributed by atoms with Crippen molar-refractivity contribution in [2.75, 3.05) is 20.3 Å². The molecule has 2 amide bonds. The number of hydrogen-bond donors (Lipinski definition) is 1. The van der Waals surface area contributed by atoms with E-state index in [9.17, 15) is 24.5 Å². The number of urea groups is 1. The third kappa shape index (κ3) is 4.45. The summed E-state index contributed by atoms with van der Waals surface area (Å²) in [7, 11) is 1.23. The molecular formula is C18H21N3O7. The van der Waals surface area contributed by atoms with Crippen LogP contribution in [0, 0.1) is 10.1 Å². The van der Waals surface area contributed by atoms with Crippen molar-refractivity contribution in [2.24, 2.45) is 0 Å². The van der Waals surface area contributed by atoms with Crippen LogP contribution in [0.1, 0.15) is 31.9 Å². The van der Waals surface area contributed by atoms with E-state index in [2.05, 4.69) is 10.1 Å².